The van der Waals surface area contributed by atoms with Crippen LogP contribution in [0.25, 0.3) is 23.1 Å². The molecule has 1 heterocycles. The fourth-order valence-corrected chi connectivity index (χ4v) is 2.61. The van der Waals surface area contributed by atoms with Crippen molar-refractivity contribution in [3.05, 3.63) is 71.7 Å². The second-order valence-electron chi connectivity index (χ2n) is 6.23. The molecule has 2 aromatic carbocycles. The summed E-state index contributed by atoms with van der Waals surface area (Å²) < 4.78 is 13.7. The predicted octanol–water partition coefficient (Wildman–Crippen LogP) is 4.52. The van der Waals surface area contributed by atoms with E-state index in [0.717, 1.165) is 40.9 Å². The normalized spacial score (nSPS) is 11.5. The molecule has 0 aliphatic heterocycles. The number of pyridine rings is 1. The van der Waals surface area contributed by atoms with E-state index in [1.807, 2.05) is 62.6 Å². The summed E-state index contributed by atoms with van der Waals surface area (Å²) in [7, 11) is 4.06. The average Bonchev–Trinajstić information content (AvgIpc) is 2.61. The summed E-state index contributed by atoms with van der Waals surface area (Å²) in [5.41, 5.74) is 3.64. The van der Waals surface area contributed by atoms with Gasteiger partial charge >= 0.3 is 0 Å². The van der Waals surface area contributed by atoms with E-state index in [1.165, 1.54) is 12.1 Å². The lowest BCUT2D eigenvalue weighted by Crippen LogP contribution is -2.20. The highest BCUT2D eigenvalue weighted by molar-refractivity contribution is 5.93. The Hall–Kier alpha value is -2.72. The van der Waals surface area contributed by atoms with Crippen molar-refractivity contribution in [1.82, 2.24) is 9.88 Å². The third-order valence-electron chi connectivity index (χ3n) is 3.91. The monoisotopic (exact) mass is 335 g/mol. The van der Waals surface area contributed by atoms with Crippen LogP contribution in [0.4, 0.5) is 10.1 Å². The minimum absolute atomic E-state index is 0.252. The molecule has 4 heteroatoms. The van der Waals surface area contributed by atoms with Crippen molar-refractivity contribution < 1.29 is 4.39 Å². The van der Waals surface area contributed by atoms with Crippen molar-refractivity contribution in [2.45, 2.75) is 0 Å². The first-order valence-corrected chi connectivity index (χ1v) is 8.34. The van der Waals surface area contributed by atoms with E-state index < -0.39 is 0 Å². The molecule has 1 aromatic heterocycles. The number of benzene rings is 2. The quantitative estimate of drug-likeness (QED) is 0.718. The Morgan fingerprint density at radius 3 is 2.60 bits per heavy atom. The van der Waals surface area contributed by atoms with Crippen LogP contribution in [0.15, 0.2) is 54.6 Å². The first kappa shape index (κ1) is 17.1. The molecule has 0 aliphatic carbocycles. The van der Waals surface area contributed by atoms with Gasteiger partial charge in [-0.15, -0.1) is 0 Å². The van der Waals surface area contributed by atoms with Crippen LogP contribution in [-0.4, -0.2) is 37.1 Å². The van der Waals surface area contributed by atoms with E-state index in [0.29, 0.717) is 0 Å². The lowest BCUT2D eigenvalue weighted by molar-refractivity contribution is 0.425. The van der Waals surface area contributed by atoms with Gasteiger partial charge in [-0.3, -0.25) is 0 Å². The molecule has 0 bridgehead atoms. The first-order valence-electron chi connectivity index (χ1n) is 8.34. The van der Waals surface area contributed by atoms with Crippen LogP contribution in [0.3, 0.4) is 0 Å². The Kier molecular flexibility index (Phi) is 5.41. The zero-order chi connectivity index (χ0) is 17.6. The predicted molar refractivity (Wildman–Crippen MR) is 104 cm³/mol. The molecular weight excluding hydrogens is 313 g/mol. The lowest BCUT2D eigenvalue weighted by Gasteiger charge is -2.14. The number of fused-ring (bicyclic) bond motifs is 1. The van der Waals surface area contributed by atoms with Crippen LogP contribution in [0, 0.1) is 5.82 Å². The van der Waals surface area contributed by atoms with Crippen molar-refractivity contribution in [1.29, 1.82) is 0 Å². The summed E-state index contributed by atoms with van der Waals surface area (Å²) in [5.74, 6) is -0.252. The van der Waals surface area contributed by atoms with Gasteiger partial charge in [0.2, 0.25) is 0 Å². The van der Waals surface area contributed by atoms with E-state index in [4.69, 9.17) is 0 Å². The Labute approximate surface area is 147 Å². The molecule has 3 rings (SSSR count). The molecule has 1 N–H and O–H groups in total. The van der Waals surface area contributed by atoms with Crippen LogP contribution in [0.2, 0.25) is 0 Å². The molecule has 0 atom stereocenters. The van der Waals surface area contributed by atoms with Gasteiger partial charge in [0.15, 0.2) is 0 Å². The molecule has 0 amide bonds. The number of halogens is 1. The zero-order valence-corrected chi connectivity index (χ0v) is 14.5. The van der Waals surface area contributed by atoms with Crippen molar-refractivity contribution in [3.63, 3.8) is 0 Å². The minimum atomic E-state index is -0.252. The van der Waals surface area contributed by atoms with Crippen molar-refractivity contribution in [3.8, 4) is 0 Å². The van der Waals surface area contributed by atoms with Gasteiger partial charge in [-0.05, 0) is 50.0 Å². The number of nitrogens with one attached hydrogen (secondary N) is 1. The van der Waals surface area contributed by atoms with Crippen molar-refractivity contribution >= 4 is 28.7 Å². The third-order valence-corrected chi connectivity index (χ3v) is 3.91. The van der Waals surface area contributed by atoms with E-state index in [1.54, 1.807) is 6.07 Å². The number of likely N-dealkylation sites (N-methyl/N-ethyl adjacent to an activating group) is 1. The van der Waals surface area contributed by atoms with Crippen LogP contribution in [-0.2, 0) is 0 Å². The fraction of sp³-hybridized carbons (Fsp3) is 0.190. The van der Waals surface area contributed by atoms with Gasteiger partial charge in [0, 0.05) is 24.2 Å². The summed E-state index contributed by atoms with van der Waals surface area (Å²) in [6.45, 7) is 1.68. The summed E-state index contributed by atoms with van der Waals surface area (Å²) in [5, 5.41) is 4.20. The van der Waals surface area contributed by atoms with E-state index in [9.17, 15) is 4.39 Å². The van der Waals surface area contributed by atoms with Gasteiger partial charge in [0.1, 0.15) is 5.82 Å². The Balaban J connectivity index is 1.93. The van der Waals surface area contributed by atoms with Crippen LogP contribution < -0.4 is 5.32 Å². The number of rotatable bonds is 6. The van der Waals surface area contributed by atoms with E-state index in [2.05, 4.69) is 15.2 Å². The van der Waals surface area contributed by atoms with E-state index >= 15 is 0 Å². The molecule has 3 nitrogen and oxygen atoms in total. The number of aromatic nitrogens is 1. The maximum absolute atomic E-state index is 13.7. The largest absolute Gasteiger partial charge is 0.383 e. The number of hydrogen-bond donors (Lipinski definition) is 1. The highest BCUT2D eigenvalue weighted by atomic mass is 19.1. The average molecular weight is 335 g/mol. The second-order valence-corrected chi connectivity index (χ2v) is 6.23. The van der Waals surface area contributed by atoms with Crippen molar-refractivity contribution in [2.75, 3.05) is 32.5 Å². The summed E-state index contributed by atoms with van der Waals surface area (Å²) >= 11 is 0. The smallest absolute Gasteiger partial charge is 0.124 e. The van der Waals surface area contributed by atoms with Gasteiger partial charge < -0.3 is 10.2 Å². The molecule has 0 aliphatic rings. The Morgan fingerprint density at radius 2 is 1.84 bits per heavy atom. The first-order chi connectivity index (χ1) is 12.1. The topological polar surface area (TPSA) is 28.2 Å². The van der Waals surface area contributed by atoms with E-state index in [-0.39, 0.29) is 5.82 Å². The summed E-state index contributed by atoms with van der Waals surface area (Å²) in [6.07, 6.45) is 4.01. The van der Waals surface area contributed by atoms with Crippen LogP contribution in [0.5, 0.6) is 0 Å². The van der Waals surface area contributed by atoms with Gasteiger partial charge in [-0.25, -0.2) is 9.37 Å². The lowest BCUT2D eigenvalue weighted by atomic mass is 10.1. The molecular formula is C21H22FN3. The molecule has 3 aromatic rings. The zero-order valence-electron chi connectivity index (χ0n) is 14.5. The highest BCUT2D eigenvalue weighted by Crippen LogP contribution is 2.25. The second kappa shape index (κ2) is 7.90. The van der Waals surface area contributed by atoms with Gasteiger partial charge in [0.05, 0.1) is 11.2 Å². The molecule has 0 spiro atoms. The number of anilines is 1. The third kappa shape index (κ3) is 4.64. The van der Waals surface area contributed by atoms with Gasteiger partial charge in [0.25, 0.3) is 0 Å². The minimum Gasteiger partial charge on any atom is -0.383 e. The Bertz CT molecular complexity index is 873. The van der Waals surface area contributed by atoms with Gasteiger partial charge in [-0.2, -0.15) is 0 Å². The highest BCUT2D eigenvalue weighted by Gasteiger charge is 2.06. The number of hydrogen-bond acceptors (Lipinski definition) is 3. The Morgan fingerprint density at radius 1 is 1.04 bits per heavy atom. The number of nitrogens with zero attached hydrogens (tertiary/aromatic N) is 2. The maximum Gasteiger partial charge on any atom is 0.124 e. The van der Waals surface area contributed by atoms with Crippen LogP contribution >= 0.6 is 0 Å². The maximum atomic E-state index is 13.7. The van der Waals surface area contributed by atoms with Crippen molar-refractivity contribution in [2.24, 2.45) is 0 Å². The molecule has 0 radical (unpaired) electrons. The summed E-state index contributed by atoms with van der Waals surface area (Å²) in [4.78, 5) is 6.74. The van der Waals surface area contributed by atoms with Crippen LogP contribution in [0.1, 0.15) is 11.3 Å². The molecule has 0 unspecified atom stereocenters. The molecule has 0 fully saturated rings. The standard InChI is InChI=1S/C21H22FN3/c1-25(2)13-12-23-21-15-18(10-8-16-6-4-3-5-7-16)24-20-11-9-17(22)14-19(20)21/h3-11,14-15H,12-13H2,1-2H3,(H,23,24)/b10-8+. The summed E-state index contributed by atoms with van der Waals surface area (Å²) in [6, 6.07) is 16.8. The van der Waals surface area contributed by atoms with Gasteiger partial charge in [-0.1, -0.05) is 36.4 Å². The molecule has 0 saturated carbocycles. The molecule has 128 valence electrons. The molecule has 0 saturated heterocycles. The fourth-order valence-electron chi connectivity index (χ4n) is 2.61. The molecule has 25 heavy (non-hydrogen) atoms. The SMILES string of the molecule is CN(C)CCNc1cc(/C=C/c2ccccc2)nc2ccc(F)cc12.